The minimum absolute atomic E-state index is 0.0526. The molecule has 6 heteroatoms. The molecule has 0 heterocycles. The SMILES string of the molecule is C/C(=C\C[C@@H](O)C1=CC(=O)c2c(O)ccc(O)c2C1=O)CC(=O)C(C)C. The quantitative estimate of drug-likeness (QED) is 0.532. The van der Waals surface area contributed by atoms with E-state index in [1.54, 1.807) is 26.8 Å². The van der Waals surface area contributed by atoms with Gasteiger partial charge in [-0.1, -0.05) is 25.5 Å². The molecule has 0 spiro atoms. The van der Waals surface area contributed by atoms with Crippen LogP contribution in [0.25, 0.3) is 0 Å². The molecule has 1 aliphatic carbocycles. The Morgan fingerprint density at radius 2 is 1.69 bits per heavy atom. The van der Waals surface area contributed by atoms with Crippen LogP contribution < -0.4 is 0 Å². The number of phenolic OH excluding ortho intramolecular Hbond substituents is 2. The fraction of sp³-hybridized carbons (Fsp3) is 0.350. The van der Waals surface area contributed by atoms with Gasteiger partial charge in [0, 0.05) is 17.9 Å². The van der Waals surface area contributed by atoms with Gasteiger partial charge < -0.3 is 15.3 Å². The third-order valence-corrected chi connectivity index (χ3v) is 4.33. The molecule has 0 radical (unpaired) electrons. The van der Waals surface area contributed by atoms with Crippen LogP contribution in [0.1, 0.15) is 54.3 Å². The lowest BCUT2D eigenvalue weighted by Crippen LogP contribution is -2.25. The molecule has 1 aliphatic rings. The van der Waals surface area contributed by atoms with Crippen molar-refractivity contribution in [2.24, 2.45) is 5.92 Å². The van der Waals surface area contributed by atoms with Crippen LogP contribution in [0.15, 0.2) is 35.4 Å². The van der Waals surface area contributed by atoms with Gasteiger partial charge in [-0.3, -0.25) is 14.4 Å². The monoisotopic (exact) mass is 358 g/mol. The number of hydrogen-bond acceptors (Lipinski definition) is 6. The Bertz CT molecular complexity index is 829. The Balaban J connectivity index is 2.22. The zero-order valence-electron chi connectivity index (χ0n) is 14.9. The van der Waals surface area contributed by atoms with Gasteiger partial charge in [0.15, 0.2) is 11.6 Å². The first-order valence-corrected chi connectivity index (χ1v) is 8.35. The molecule has 0 fully saturated rings. The molecule has 1 aromatic rings. The summed E-state index contributed by atoms with van der Waals surface area (Å²) >= 11 is 0. The van der Waals surface area contributed by atoms with Crippen molar-refractivity contribution in [3.63, 3.8) is 0 Å². The second-order valence-electron chi connectivity index (χ2n) is 6.75. The predicted molar refractivity (Wildman–Crippen MR) is 95.4 cm³/mol. The van der Waals surface area contributed by atoms with Crippen LogP contribution in [0.2, 0.25) is 0 Å². The lowest BCUT2D eigenvalue weighted by Gasteiger charge is -2.20. The fourth-order valence-electron chi connectivity index (χ4n) is 2.72. The Morgan fingerprint density at radius 3 is 2.27 bits per heavy atom. The van der Waals surface area contributed by atoms with Crippen LogP contribution in [-0.2, 0) is 4.79 Å². The van der Waals surface area contributed by atoms with Crippen LogP contribution in [0, 0.1) is 5.92 Å². The summed E-state index contributed by atoms with van der Waals surface area (Å²) in [5.74, 6) is -2.20. The molecule has 0 unspecified atom stereocenters. The molecule has 0 aliphatic heterocycles. The van der Waals surface area contributed by atoms with Gasteiger partial charge in [-0.15, -0.1) is 0 Å². The number of aliphatic hydroxyl groups is 1. The van der Waals surface area contributed by atoms with Gasteiger partial charge in [-0.05, 0) is 31.6 Å². The third kappa shape index (κ3) is 3.91. The van der Waals surface area contributed by atoms with E-state index in [9.17, 15) is 29.7 Å². The van der Waals surface area contributed by atoms with Gasteiger partial charge in [-0.2, -0.15) is 0 Å². The maximum absolute atomic E-state index is 12.6. The Hall–Kier alpha value is -2.73. The Morgan fingerprint density at radius 1 is 1.12 bits per heavy atom. The summed E-state index contributed by atoms with van der Waals surface area (Å²) in [5, 5.41) is 30.0. The number of phenols is 2. The zero-order chi connectivity index (χ0) is 19.6. The molecule has 0 saturated carbocycles. The van der Waals surface area contributed by atoms with Crippen molar-refractivity contribution >= 4 is 17.3 Å². The first-order valence-electron chi connectivity index (χ1n) is 8.35. The van der Waals surface area contributed by atoms with Crippen molar-refractivity contribution < 1.29 is 29.7 Å². The summed E-state index contributed by atoms with van der Waals surface area (Å²) in [4.78, 5) is 36.5. The highest BCUT2D eigenvalue weighted by atomic mass is 16.3. The molecule has 2 rings (SSSR count). The van der Waals surface area contributed by atoms with Gasteiger partial charge in [0.25, 0.3) is 0 Å². The summed E-state index contributed by atoms with van der Waals surface area (Å²) in [6.07, 6.45) is 1.69. The van der Waals surface area contributed by atoms with Crippen molar-refractivity contribution in [2.45, 2.75) is 39.7 Å². The number of ketones is 3. The summed E-state index contributed by atoms with van der Waals surface area (Å²) in [7, 11) is 0. The normalized spacial score (nSPS) is 15.7. The van der Waals surface area contributed by atoms with E-state index in [4.69, 9.17) is 0 Å². The van der Waals surface area contributed by atoms with Gasteiger partial charge in [0.05, 0.1) is 17.2 Å². The average molecular weight is 358 g/mol. The van der Waals surface area contributed by atoms with Crippen molar-refractivity contribution in [1.82, 2.24) is 0 Å². The number of carbonyl (C=O) groups is 3. The highest BCUT2D eigenvalue weighted by Gasteiger charge is 2.33. The molecule has 138 valence electrons. The van der Waals surface area contributed by atoms with Gasteiger partial charge >= 0.3 is 0 Å². The summed E-state index contributed by atoms with van der Waals surface area (Å²) in [6.45, 7) is 5.37. The van der Waals surface area contributed by atoms with Crippen molar-refractivity contribution in [1.29, 1.82) is 0 Å². The Labute approximate surface area is 151 Å². The van der Waals surface area contributed by atoms with Crippen molar-refractivity contribution in [3.8, 4) is 11.5 Å². The van der Waals surface area contributed by atoms with E-state index in [2.05, 4.69) is 0 Å². The number of Topliss-reactive ketones (excluding diaryl/α,β-unsaturated/α-hetero) is 2. The molecule has 0 aromatic heterocycles. The molecule has 1 atom stereocenters. The highest BCUT2D eigenvalue weighted by molar-refractivity contribution is 6.26. The largest absolute Gasteiger partial charge is 0.507 e. The number of aliphatic hydroxyl groups excluding tert-OH is 1. The van der Waals surface area contributed by atoms with E-state index in [-0.39, 0.29) is 41.2 Å². The molecule has 1 aromatic carbocycles. The van der Waals surface area contributed by atoms with Crippen LogP contribution in [0.5, 0.6) is 11.5 Å². The molecule has 26 heavy (non-hydrogen) atoms. The minimum Gasteiger partial charge on any atom is -0.507 e. The second kappa shape index (κ2) is 7.66. The van der Waals surface area contributed by atoms with Crippen LogP contribution >= 0.6 is 0 Å². The lowest BCUT2D eigenvalue weighted by molar-refractivity contribution is -0.121. The number of aromatic hydroxyl groups is 2. The van der Waals surface area contributed by atoms with Gasteiger partial charge in [0.2, 0.25) is 0 Å². The number of fused-ring (bicyclic) bond motifs is 1. The molecule has 6 nitrogen and oxygen atoms in total. The van der Waals surface area contributed by atoms with Crippen molar-refractivity contribution in [2.75, 3.05) is 0 Å². The van der Waals surface area contributed by atoms with Gasteiger partial charge in [-0.25, -0.2) is 0 Å². The topological polar surface area (TPSA) is 112 Å². The predicted octanol–water partition coefficient (Wildman–Crippen LogP) is 2.72. The van der Waals surface area contributed by atoms with Crippen molar-refractivity contribution in [3.05, 3.63) is 46.6 Å². The number of carbonyl (C=O) groups excluding carboxylic acids is 3. The number of allylic oxidation sites excluding steroid dienone is 2. The molecule has 0 bridgehead atoms. The van der Waals surface area contributed by atoms with Crippen LogP contribution in [0.3, 0.4) is 0 Å². The maximum Gasteiger partial charge on any atom is 0.196 e. The molecule has 0 amide bonds. The molecule has 3 N–H and O–H groups in total. The van der Waals surface area contributed by atoms with Crippen LogP contribution in [-0.4, -0.2) is 38.8 Å². The average Bonchev–Trinajstić information content (AvgIpc) is 2.57. The Kier molecular flexibility index (Phi) is 5.77. The third-order valence-electron chi connectivity index (χ3n) is 4.33. The molecular formula is C20H22O6. The van der Waals surface area contributed by atoms with E-state index in [1.807, 2.05) is 0 Å². The smallest absolute Gasteiger partial charge is 0.196 e. The first kappa shape index (κ1) is 19.6. The number of rotatable bonds is 6. The maximum atomic E-state index is 12.6. The van der Waals surface area contributed by atoms with Gasteiger partial charge in [0.1, 0.15) is 17.3 Å². The van der Waals surface area contributed by atoms with E-state index >= 15 is 0 Å². The number of benzene rings is 1. The minimum atomic E-state index is -1.26. The van der Waals surface area contributed by atoms with E-state index in [1.165, 1.54) is 0 Å². The molecular weight excluding hydrogens is 336 g/mol. The summed E-state index contributed by atoms with van der Waals surface area (Å²) in [6, 6.07) is 2.25. The van der Waals surface area contributed by atoms with Crippen LogP contribution in [0.4, 0.5) is 0 Å². The highest BCUT2D eigenvalue weighted by Crippen LogP contribution is 2.35. The number of hydrogen-bond donors (Lipinski definition) is 3. The van der Waals surface area contributed by atoms with E-state index in [0.29, 0.717) is 0 Å². The zero-order valence-corrected chi connectivity index (χ0v) is 14.9. The fourth-order valence-corrected chi connectivity index (χ4v) is 2.72. The standard InChI is InChI=1S/C20H22O6/c1-10(2)16(24)8-11(3)4-5-13(21)12-9-17(25)18-14(22)6-7-15(23)19(18)20(12)26/h4,6-7,9-10,13,21-23H,5,8H2,1-3H3/b11-4+/t13-/m1/s1. The lowest BCUT2D eigenvalue weighted by atomic mass is 9.85. The van der Waals surface area contributed by atoms with E-state index < -0.39 is 29.2 Å². The second-order valence-corrected chi connectivity index (χ2v) is 6.75. The summed E-state index contributed by atoms with van der Waals surface area (Å²) in [5.41, 5.74) is 0.0453. The summed E-state index contributed by atoms with van der Waals surface area (Å²) < 4.78 is 0. The first-order chi connectivity index (χ1) is 12.1. The molecule has 0 saturated heterocycles. The van der Waals surface area contributed by atoms with E-state index in [0.717, 1.165) is 23.8 Å².